The molecule has 1 aromatic rings. The molecule has 0 saturated heterocycles. The Bertz CT molecular complexity index is 588. The topological polar surface area (TPSA) is 120 Å². The van der Waals surface area contributed by atoms with Crippen molar-refractivity contribution < 1.29 is 23.9 Å². The Kier molecular flexibility index (Phi) is 6.85. The zero-order valence-corrected chi connectivity index (χ0v) is 13.3. The Morgan fingerprint density at radius 3 is 2.52 bits per heavy atom. The molecule has 23 heavy (non-hydrogen) atoms. The number of carbonyl (C=O) groups excluding carboxylic acids is 3. The number of hydrogen-bond donors (Lipinski definition) is 3. The lowest BCUT2D eigenvalue weighted by Crippen LogP contribution is -2.44. The zero-order chi connectivity index (χ0) is 17.4. The second-order valence-electron chi connectivity index (χ2n) is 4.71. The number of hydrogen-bond acceptors (Lipinski definition) is 5. The van der Waals surface area contributed by atoms with Gasteiger partial charge in [-0.25, -0.2) is 0 Å². The molecule has 8 heteroatoms. The Balaban J connectivity index is 2.82. The van der Waals surface area contributed by atoms with Crippen LogP contribution in [-0.2, 0) is 9.59 Å². The fourth-order valence-corrected chi connectivity index (χ4v) is 1.75. The SMILES string of the molecule is CCNC(=O)[C@H](C)NC(=O)c1ccc(OCC(N)=O)c(OC)c1. The molecule has 3 amide bonds. The third-order valence-electron chi connectivity index (χ3n) is 2.89. The number of benzene rings is 1. The van der Waals surface area contributed by atoms with Crippen LogP contribution >= 0.6 is 0 Å². The number of ether oxygens (including phenoxy) is 2. The summed E-state index contributed by atoms with van der Waals surface area (Å²) in [6.07, 6.45) is 0. The Morgan fingerprint density at radius 1 is 1.26 bits per heavy atom. The normalized spacial score (nSPS) is 11.3. The monoisotopic (exact) mass is 323 g/mol. The first-order valence-corrected chi connectivity index (χ1v) is 7.06. The van der Waals surface area contributed by atoms with Crippen LogP contribution in [0.4, 0.5) is 0 Å². The molecule has 0 bridgehead atoms. The van der Waals surface area contributed by atoms with E-state index in [1.807, 2.05) is 0 Å². The quantitative estimate of drug-likeness (QED) is 0.613. The van der Waals surface area contributed by atoms with Gasteiger partial charge in [0.15, 0.2) is 18.1 Å². The van der Waals surface area contributed by atoms with Crippen molar-refractivity contribution in [1.82, 2.24) is 10.6 Å². The van der Waals surface area contributed by atoms with Gasteiger partial charge in [0.25, 0.3) is 11.8 Å². The molecule has 0 saturated carbocycles. The highest BCUT2D eigenvalue weighted by Crippen LogP contribution is 2.28. The van der Waals surface area contributed by atoms with E-state index < -0.39 is 17.9 Å². The van der Waals surface area contributed by atoms with Gasteiger partial charge in [-0.3, -0.25) is 14.4 Å². The minimum Gasteiger partial charge on any atom is -0.493 e. The number of methoxy groups -OCH3 is 1. The van der Waals surface area contributed by atoms with Gasteiger partial charge in [-0.15, -0.1) is 0 Å². The van der Waals surface area contributed by atoms with Crippen molar-refractivity contribution in [2.24, 2.45) is 5.73 Å². The molecular formula is C15H21N3O5. The van der Waals surface area contributed by atoms with E-state index in [4.69, 9.17) is 15.2 Å². The Morgan fingerprint density at radius 2 is 1.96 bits per heavy atom. The van der Waals surface area contributed by atoms with Gasteiger partial charge in [0.1, 0.15) is 6.04 Å². The fourth-order valence-electron chi connectivity index (χ4n) is 1.75. The third kappa shape index (κ3) is 5.50. The molecule has 1 rings (SSSR count). The number of nitrogens with two attached hydrogens (primary N) is 1. The summed E-state index contributed by atoms with van der Waals surface area (Å²) in [7, 11) is 1.41. The van der Waals surface area contributed by atoms with E-state index >= 15 is 0 Å². The van der Waals surface area contributed by atoms with E-state index in [-0.39, 0.29) is 18.3 Å². The highest BCUT2D eigenvalue weighted by molar-refractivity contribution is 5.97. The largest absolute Gasteiger partial charge is 0.493 e. The van der Waals surface area contributed by atoms with Crippen LogP contribution in [0, 0.1) is 0 Å². The van der Waals surface area contributed by atoms with Crippen molar-refractivity contribution in [3.05, 3.63) is 23.8 Å². The van der Waals surface area contributed by atoms with Gasteiger partial charge in [0.05, 0.1) is 7.11 Å². The maximum atomic E-state index is 12.1. The summed E-state index contributed by atoms with van der Waals surface area (Å²) in [4.78, 5) is 34.5. The highest BCUT2D eigenvalue weighted by Gasteiger charge is 2.17. The van der Waals surface area contributed by atoms with Crippen LogP contribution in [0.1, 0.15) is 24.2 Å². The van der Waals surface area contributed by atoms with Crippen molar-refractivity contribution in [2.45, 2.75) is 19.9 Å². The summed E-state index contributed by atoms with van der Waals surface area (Å²) in [6, 6.07) is 3.78. The predicted octanol–water partition coefficient (Wildman–Crippen LogP) is -0.186. The van der Waals surface area contributed by atoms with Crippen molar-refractivity contribution in [3.8, 4) is 11.5 Å². The molecule has 0 aliphatic heterocycles. The summed E-state index contributed by atoms with van der Waals surface area (Å²) < 4.78 is 10.3. The molecule has 0 unspecified atom stereocenters. The minimum atomic E-state index is -0.667. The van der Waals surface area contributed by atoms with Crippen LogP contribution in [0.2, 0.25) is 0 Å². The molecule has 4 N–H and O–H groups in total. The van der Waals surface area contributed by atoms with E-state index in [1.165, 1.54) is 25.3 Å². The lowest BCUT2D eigenvalue weighted by atomic mass is 10.1. The third-order valence-corrected chi connectivity index (χ3v) is 2.89. The molecule has 1 atom stereocenters. The Labute approximate surface area is 134 Å². The van der Waals surface area contributed by atoms with Gasteiger partial charge in [-0.2, -0.15) is 0 Å². The molecule has 0 spiro atoms. The number of amides is 3. The number of primary amides is 1. The predicted molar refractivity (Wildman–Crippen MR) is 83.3 cm³/mol. The summed E-state index contributed by atoms with van der Waals surface area (Å²) >= 11 is 0. The number of nitrogens with one attached hydrogen (secondary N) is 2. The lowest BCUT2D eigenvalue weighted by molar-refractivity contribution is -0.122. The molecular weight excluding hydrogens is 302 g/mol. The van der Waals surface area contributed by atoms with Gasteiger partial charge in [0.2, 0.25) is 5.91 Å². The lowest BCUT2D eigenvalue weighted by Gasteiger charge is -2.15. The second-order valence-corrected chi connectivity index (χ2v) is 4.71. The number of carbonyl (C=O) groups is 3. The summed E-state index contributed by atoms with van der Waals surface area (Å²) in [5, 5.41) is 5.20. The van der Waals surface area contributed by atoms with Gasteiger partial charge >= 0.3 is 0 Å². The van der Waals surface area contributed by atoms with Crippen LogP contribution in [0.5, 0.6) is 11.5 Å². The molecule has 0 aliphatic rings. The standard InChI is InChI=1S/C15H21N3O5/c1-4-17-14(20)9(2)18-15(21)10-5-6-11(12(7-10)22-3)23-8-13(16)19/h5-7,9H,4,8H2,1-3H3,(H2,16,19)(H,17,20)(H,18,21)/t9-/m0/s1. The van der Waals surface area contributed by atoms with Crippen molar-refractivity contribution in [3.63, 3.8) is 0 Å². The van der Waals surface area contributed by atoms with Crippen LogP contribution in [0.25, 0.3) is 0 Å². The number of likely N-dealkylation sites (N-methyl/N-ethyl adjacent to an activating group) is 1. The van der Waals surface area contributed by atoms with Crippen molar-refractivity contribution >= 4 is 17.7 Å². The summed E-state index contributed by atoms with van der Waals surface area (Å²) in [5.41, 5.74) is 5.31. The zero-order valence-electron chi connectivity index (χ0n) is 13.3. The van der Waals surface area contributed by atoms with Gasteiger partial charge in [-0.05, 0) is 32.0 Å². The van der Waals surface area contributed by atoms with E-state index in [9.17, 15) is 14.4 Å². The van der Waals surface area contributed by atoms with Crippen LogP contribution in [0.15, 0.2) is 18.2 Å². The maximum absolute atomic E-state index is 12.1. The molecule has 0 aliphatic carbocycles. The Hall–Kier alpha value is -2.77. The van der Waals surface area contributed by atoms with E-state index in [0.717, 1.165) is 0 Å². The van der Waals surface area contributed by atoms with Crippen LogP contribution < -0.4 is 25.8 Å². The number of rotatable bonds is 8. The summed E-state index contributed by atoms with van der Waals surface area (Å²) in [6.45, 7) is 3.57. The second kappa shape index (κ2) is 8.62. The molecule has 0 radical (unpaired) electrons. The van der Waals surface area contributed by atoms with E-state index in [1.54, 1.807) is 13.8 Å². The maximum Gasteiger partial charge on any atom is 0.255 e. The molecule has 1 aromatic carbocycles. The van der Waals surface area contributed by atoms with Crippen LogP contribution in [0.3, 0.4) is 0 Å². The first kappa shape index (κ1) is 18.3. The van der Waals surface area contributed by atoms with Crippen LogP contribution in [-0.4, -0.2) is 44.0 Å². The average molecular weight is 323 g/mol. The molecule has 0 heterocycles. The minimum absolute atomic E-state index is 0.269. The first-order valence-electron chi connectivity index (χ1n) is 7.06. The van der Waals surface area contributed by atoms with Crippen molar-refractivity contribution in [1.29, 1.82) is 0 Å². The highest BCUT2D eigenvalue weighted by atomic mass is 16.5. The van der Waals surface area contributed by atoms with Gasteiger partial charge in [-0.1, -0.05) is 0 Å². The van der Waals surface area contributed by atoms with Crippen molar-refractivity contribution in [2.75, 3.05) is 20.3 Å². The molecule has 0 aromatic heterocycles. The molecule has 0 fully saturated rings. The average Bonchev–Trinajstić information content (AvgIpc) is 2.52. The van der Waals surface area contributed by atoms with E-state index in [2.05, 4.69) is 10.6 Å². The molecule has 8 nitrogen and oxygen atoms in total. The van der Waals surface area contributed by atoms with Gasteiger partial charge in [0, 0.05) is 12.1 Å². The van der Waals surface area contributed by atoms with E-state index in [0.29, 0.717) is 17.9 Å². The summed E-state index contributed by atoms with van der Waals surface area (Å²) in [5.74, 6) is -0.744. The molecule has 126 valence electrons. The smallest absolute Gasteiger partial charge is 0.255 e. The fraction of sp³-hybridized carbons (Fsp3) is 0.400. The first-order chi connectivity index (χ1) is 10.9. The van der Waals surface area contributed by atoms with Gasteiger partial charge < -0.3 is 25.8 Å².